The molecule has 0 unspecified atom stereocenters. The first kappa shape index (κ1) is 26.9. The van der Waals surface area contributed by atoms with Gasteiger partial charge in [-0.15, -0.1) is 0 Å². The zero-order valence-electron chi connectivity index (χ0n) is 20.6. The van der Waals surface area contributed by atoms with Gasteiger partial charge in [0.05, 0.1) is 6.42 Å². The zero-order valence-corrected chi connectivity index (χ0v) is 20.6. The maximum atomic E-state index is 12.6. The zero-order chi connectivity index (χ0) is 26.1. The number of carbonyl (C=O) groups is 4. The van der Waals surface area contributed by atoms with E-state index in [1.807, 2.05) is 24.3 Å². The predicted octanol–water partition coefficient (Wildman–Crippen LogP) is 3.44. The number of para-hydroxylation sites is 1. The molecule has 194 valence electrons. The highest BCUT2D eigenvalue weighted by molar-refractivity contribution is 5.94. The Bertz CT molecular complexity index is 1110. The number of nitrogens with one attached hydrogen (secondary N) is 1. The second kappa shape index (κ2) is 12.9. The molecule has 0 saturated carbocycles. The molecule has 0 aliphatic carbocycles. The molecule has 0 radical (unpaired) electrons. The third kappa shape index (κ3) is 7.17. The van der Waals surface area contributed by atoms with E-state index < -0.39 is 48.5 Å². The summed E-state index contributed by atoms with van der Waals surface area (Å²) in [5.74, 6) is -2.22. The Morgan fingerprint density at radius 1 is 0.972 bits per heavy atom. The summed E-state index contributed by atoms with van der Waals surface area (Å²) in [6.45, 7) is 4.61. The van der Waals surface area contributed by atoms with Crippen LogP contribution in [0.5, 0.6) is 0 Å². The molecule has 1 aromatic carbocycles. The Kier molecular flexibility index (Phi) is 9.63. The molecular weight excluding hydrogens is 470 g/mol. The lowest BCUT2D eigenvalue weighted by atomic mass is 10.0. The molecule has 1 aliphatic rings. The summed E-state index contributed by atoms with van der Waals surface area (Å²) in [7, 11) is 0. The number of rotatable bonds is 10. The van der Waals surface area contributed by atoms with Crippen molar-refractivity contribution in [2.45, 2.75) is 71.1 Å². The normalized spacial score (nSPS) is 21.8. The van der Waals surface area contributed by atoms with Crippen LogP contribution in [0.15, 0.2) is 36.5 Å². The van der Waals surface area contributed by atoms with E-state index in [4.69, 9.17) is 23.7 Å². The molecule has 10 nitrogen and oxygen atoms in total. The molecule has 0 spiro atoms. The fraction of sp³-hybridized carbons (Fsp3) is 0.462. The van der Waals surface area contributed by atoms with Crippen molar-refractivity contribution in [1.82, 2.24) is 4.98 Å². The van der Waals surface area contributed by atoms with Crippen LogP contribution in [0.4, 0.5) is 0 Å². The van der Waals surface area contributed by atoms with E-state index in [2.05, 4.69) is 4.98 Å². The molecule has 0 amide bonds. The van der Waals surface area contributed by atoms with E-state index in [0.29, 0.717) is 0 Å². The van der Waals surface area contributed by atoms with Crippen LogP contribution in [0.25, 0.3) is 17.0 Å². The van der Waals surface area contributed by atoms with Crippen molar-refractivity contribution in [1.29, 1.82) is 0 Å². The number of ether oxygens (including phenoxy) is 5. The van der Waals surface area contributed by atoms with Crippen molar-refractivity contribution in [2.75, 3.05) is 6.61 Å². The second-order valence-electron chi connectivity index (χ2n) is 8.13. The molecule has 1 N–H and O–H groups in total. The van der Waals surface area contributed by atoms with Gasteiger partial charge in [0.2, 0.25) is 6.29 Å². The average Bonchev–Trinajstić information content (AvgIpc) is 3.30. The lowest BCUT2D eigenvalue weighted by Crippen LogP contribution is -2.54. The number of aromatic nitrogens is 1. The van der Waals surface area contributed by atoms with E-state index >= 15 is 0 Å². The minimum Gasteiger partial charge on any atom is -0.463 e. The van der Waals surface area contributed by atoms with Gasteiger partial charge < -0.3 is 28.7 Å². The van der Waals surface area contributed by atoms with Crippen molar-refractivity contribution in [3.05, 3.63) is 42.1 Å². The Labute approximate surface area is 208 Å². The van der Waals surface area contributed by atoms with Gasteiger partial charge in [-0.3, -0.25) is 14.4 Å². The van der Waals surface area contributed by atoms with Crippen LogP contribution in [0.1, 0.15) is 52.0 Å². The highest BCUT2D eigenvalue weighted by Crippen LogP contribution is 2.28. The fourth-order valence-electron chi connectivity index (χ4n) is 3.69. The average molecular weight is 502 g/mol. The lowest BCUT2D eigenvalue weighted by Gasteiger charge is -2.39. The van der Waals surface area contributed by atoms with E-state index in [1.165, 1.54) is 6.08 Å². The third-order valence-electron chi connectivity index (χ3n) is 5.58. The monoisotopic (exact) mass is 501 g/mol. The van der Waals surface area contributed by atoms with Gasteiger partial charge in [0.1, 0.15) is 18.8 Å². The summed E-state index contributed by atoms with van der Waals surface area (Å²) in [5.41, 5.74) is 1.73. The van der Waals surface area contributed by atoms with Gasteiger partial charge in [0.25, 0.3) is 0 Å². The van der Waals surface area contributed by atoms with E-state index in [0.717, 1.165) is 16.5 Å². The molecule has 10 heteroatoms. The highest BCUT2D eigenvalue weighted by Gasteiger charge is 2.45. The van der Waals surface area contributed by atoms with Crippen LogP contribution in [0.2, 0.25) is 0 Å². The molecule has 3 rings (SSSR count). The van der Waals surface area contributed by atoms with Gasteiger partial charge in [0, 0.05) is 48.0 Å². The van der Waals surface area contributed by atoms with Crippen molar-refractivity contribution >= 4 is 40.9 Å². The maximum absolute atomic E-state index is 12.6. The van der Waals surface area contributed by atoms with E-state index in [1.54, 1.807) is 33.0 Å². The SMILES string of the molecule is CCC(=O)OC[C@H]1O[C@@H](OC(=O)/C=C/c2c[nH]c3ccccc23)C[C@@H](OC(=O)CC)[C@@H]1OC(=O)CC. The standard InChI is InChI=1S/C26H31NO9/c1-4-21(28)32-15-20-26(36-23(30)6-3)19(33-22(29)5-2)13-25(34-20)35-24(31)12-11-16-14-27-18-10-8-7-9-17(16)18/h7-12,14,19-20,25-27H,4-6,13,15H2,1-3H3/b12-11+/t19-,20-,25+,26+/m1/s1. The number of aromatic amines is 1. The third-order valence-corrected chi connectivity index (χ3v) is 5.58. The number of benzene rings is 1. The second-order valence-corrected chi connectivity index (χ2v) is 8.13. The Balaban J connectivity index is 1.75. The molecule has 0 bridgehead atoms. The molecule has 1 saturated heterocycles. The van der Waals surface area contributed by atoms with Gasteiger partial charge in [-0.25, -0.2) is 4.79 Å². The molecular formula is C26H31NO9. The number of hydrogen-bond acceptors (Lipinski definition) is 9. The van der Waals surface area contributed by atoms with Gasteiger partial charge in [-0.1, -0.05) is 39.0 Å². The fourth-order valence-corrected chi connectivity index (χ4v) is 3.69. The Morgan fingerprint density at radius 3 is 2.39 bits per heavy atom. The number of hydrogen-bond donors (Lipinski definition) is 1. The van der Waals surface area contributed by atoms with Crippen molar-refractivity contribution in [3.63, 3.8) is 0 Å². The first-order valence-electron chi connectivity index (χ1n) is 12.0. The predicted molar refractivity (Wildman–Crippen MR) is 128 cm³/mol. The van der Waals surface area contributed by atoms with Crippen LogP contribution in [0, 0.1) is 0 Å². The van der Waals surface area contributed by atoms with E-state index in [-0.39, 0.29) is 32.3 Å². The van der Waals surface area contributed by atoms with Crippen LogP contribution in [0.3, 0.4) is 0 Å². The minimum atomic E-state index is -1.12. The first-order chi connectivity index (χ1) is 17.3. The highest BCUT2D eigenvalue weighted by atomic mass is 16.7. The molecule has 4 atom stereocenters. The molecule has 1 aromatic heterocycles. The molecule has 36 heavy (non-hydrogen) atoms. The minimum absolute atomic E-state index is 0.0573. The van der Waals surface area contributed by atoms with Crippen LogP contribution in [-0.4, -0.2) is 60.1 Å². The number of esters is 4. The molecule has 2 aromatic rings. The van der Waals surface area contributed by atoms with Crippen molar-refractivity contribution < 1.29 is 42.9 Å². The topological polar surface area (TPSA) is 130 Å². The largest absolute Gasteiger partial charge is 0.463 e. The summed E-state index contributed by atoms with van der Waals surface area (Å²) in [4.78, 5) is 51.5. The van der Waals surface area contributed by atoms with E-state index in [9.17, 15) is 19.2 Å². The van der Waals surface area contributed by atoms with Crippen LogP contribution < -0.4 is 0 Å². The summed E-state index contributed by atoms with van der Waals surface area (Å²) in [5, 5.41) is 0.945. The van der Waals surface area contributed by atoms with Crippen LogP contribution >= 0.6 is 0 Å². The molecule has 1 aliphatic heterocycles. The van der Waals surface area contributed by atoms with Gasteiger partial charge in [0.15, 0.2) is 6.10 Å². The molecule has 1 fully saturated rings. The maximum Gasteiger partial charge on any atom is 0.333 e. The number of carbonyl (C=O) groups excluding carboxylic acids is 4. The molecule has 2 heterocycles. The quantitative estimate of drug-likeness (QED) is 0.295. The summed E-state index contributed by atoms with van der Waals surface area (Å²) >= 11 is 0. The first-order valence-corrected chi connectivity index (χ1v) is 12.0. The Morgan fingerprint density at radius 2 is 1.67 bits per heavy atom. The van der Waals surface area contributed by atoms with Crippen LogP contribution in [-0.2, 0) is 42.9 Å². The lowest BCUT2D eigenvalue weighted by molar-refractivity contribution is -0.260. The van der Waals surface area contributed by atoms with Gasteiger partial charge >= 0.3 is 23.9 Å². The van der Waals surface area contributed by atoms with Gasteiger partial charge in [-0.05, 0) is 12.1 Å². The number of H-pyrrole nitrogens is 1. The summed E-state index contributed by atoms with van der Waals surface area (Å²) < 4.78 is 27.5. The smallest absolute Gasteiger partial charge is 0.333 e. The summed E-state index contributed by atoms with van der Waals surface area (Å²) in [6, 6.07) is 7.65. The van der Waals surface area contributed by atoms with Crippen molar-refractivity contribution in [3.8, 4) is 0 Å². The summed E-state index contributed by atoms with van der Waals surface area (Å²) in [6.07, 6.45) is 0.800. The number of fused-ring (bicyclic) bond motifs is 1. The Hall–Kier alpha value is -3.66. The van der Waals surface area contributed by atoms with Gasteiger partial charge in [-0.2, -0.15) is 0 Å². The van der Waals surface area contributed by atoms with Crippen molar-refractivity contribution in [2.24, 2.45) is 0 Å².